The number of fused-ring (bicyclic) bond motifs is 1. The van der Waals surface area contributed by atoms with Crippen LogP contribution in [0.3, 0.4) is 0 Å². The number of carbonyl (C=O) groups is 1. The number of pyridine rings is 2. The fraction of sp³-hybridized carbons (Fsp3) is 0.458. The van der Waals surface area contributed by atoms with Crippen LogP contribution < -0.4 is 15.1 Å². The number of amides is 1. The highest BCUT2D eigenvalue weighted by Crippen LogP contribution is 2.34. The Balaban J connectivity index is 1.51. The fourth-order valence-electron chi connectivity index (χ4n) is 4.77. The van der Waals surface area contributed by atoms with Crippen LogP contribution in [0.25, 0.3) is 11.5 Å². The van der Waals surface area contributed by atoms with Crippen LogP contribution in [0.1, 0.15) is 61.3 Å². The van der Waals surface area contributed by atoms with Crippen LogP contribution in [0.4, 0.5) is 11.6 Å². The zero-order valence-electron chi connectivity index (χ0n) is 19.6. The van der Waals surface area contributed by atoms with Crippen LogP contribution in [-0.2, 0) is 13.1 Å². The number of carbonyl (C=O) groups excluding carboxylic acids is 1. The third-order valence-electron chi connectivity index (χ3n) is 6.55. The van der Waals surface area contributed by atoms with Crippen molar-refractivity contribution in [3.05, 3.63) is 47.4 Å². The van der Waals surface area contributed by atoms with E-state index in [1.807, 2.05) is 35.9 Å². The van der Waals surface area contributed by atoms with Gasteiger partial charge < -0.3 is 14.8 Å². The number of anilines is 2. The molecule has 0 saturated carbocycles. The molecule has 0 unspecified atom stereocenters. The molecular formula is C24H30N8O. The Morgan fingerprint density at radius 2 is 2.06 bits per heavy atom. The van der Waals surface area contributed by atoms with Crippen molar-refractivity contribution < 1.29 is 4.79 Å². The van der Waals surface area contributed by atoms with Crippen LogP contribution in [0.2, 0.25) is 0 Å². The Labute approximate surface area is 193 Å². The van der Waals surface area contributed by atoms with Crippen molar-refractivity contribution in [2.45, 2.75) is 58.8 Å². The maximum atomic E-state index is 13.6. The quantitative estimate of drug-likeness (QED) is 0.622. The molecule has 2 aliphatic heterocycles. The molecule has 1 amide bonds. The first kappa shape index (κ1) is 21.5. The van der Waals surface area contributed by atoms with Gasteiger partial charge in [0.05, 0.1) is 17.8 Å². The first-order chi connectivity index (χ1) is 16.0. The van der Waals surface area contributed by atoms with E-state index in [9.17, 15) is 4.79 Å². The molecule has 0 aliphatic carbocycles. The molecule has 9 heteroatoms. The zero-order valence-corrected chi connectivity index (χ0v) is 19.6. The summed E-state index contributed by atoms with van der Waals surface area (Å²) < 4.78 is 1.98. The minimum atomic E-state index is -0.0344. The Hall–Kier alpha value is -3.33. The SMILES string of the molecule is CNCc1nc(N2CCC[C@H]2C)cc2c1CN(c1cccc(-c3nncn3C(C)C)n1)C2=O. The van der Waals surface area contributed by atoms with Crippen molar-refractivity contribution in [3.63, 3.8) is 0 Å². The fourth-order valence-corrected chi connectivity index (χ4v) is 4.77. The molecule has 0 radical (unpaired) electrons. The first-order valence-corrected chi connectivity index (χ1v) is 11.6. The van der Waals surface area contributed by atoms with Gasteiger partial charge in [-0.05, 0) is 58.9 Å². The third kappa shape index (κ3) is 3.76. The van der Waals surface area contributed by atoms with Crippen molar-refractivity contribution in [2.24, 2.45) is 0 Å². The highest BCUT2D eigenvalue weighted by molar-refractivity contribution is 6.10. The predicted octanol–water partition coefficient (Wildman–Crippen LogP) is 3.18. The van der Waals surface area contributed by atoms with Gasteiger partial charge in [-0.3, -0.25) is 9.69 Å². The Bertz CT molecular complexity index is 1190. The van der Waals surface area contributed by atoms with Gasteiger partial charge in [-0.25, -0.2) is 9.97 Å². The molecule has 33 heavy (non-hydrogen) atoms. The lowest BCUT2D eigenvalue weighted by Gasteiger charge is -2.24. The van der Waals surface area contributed by atoms with Crippen LogP contribution in [0, 0.1) is 0 Å². The summed E-state index contributed by atoms with van der Waals surface area (Å²) in [6, 6.07) is 8.30. The lowest BCUT2D eigenvalue weighted by Crippen LogP contribution is -2.28. The summed E-state index contributed by atoms with van der Waals surface area (Å²) in [6.07, 6.45) is 4.01. The average molecular weight is 447 g/mol. The van der Waals surface area contributed by atoms with Crippen LogP contribution in [0.15, 0.2) is 30.6 Å². The number of nitrogens with one attached hydrogen (secondary N) is 1. The molecule has 2 aliphatic rings. The normalized spacial score (nSPS) is 18.0. The van der Waals surface area contributed by atoms with Gasteiger partial charge in [0.25, 0.3) is 5.91 Å². The first-order valence-electron chi connectivity index (χ1n) is 11.6. The topological polar surface area (TPSA) is 92.1 Å². The standard InChI is InChI=1S/C24H30N8O/c1-15(2)32-14-26-29-23(32)19-8-5-9-21(27-19)31-13-18-17(24(31)33)11-22(28-20(18)12-25-4)30-10-6-7-16(30)3/h5,8-9,11,14-16,25H,6-7,10,12-13H2,1-4H3/t16-/m1/s1. The highest BCUT2D eigenvalue weighted by Gasteiger charge is 2.34. The van der Waals surface area contributed by atoms with E-state index in [1.165, 1.54) is 0 Å². The van der Waals surface area contributed by atoms with E-state index in [2.05, 4.69) is 41.2 Å². The van der Waals surface area contributed by atoms with E-state index in [0.29, 0.717) is 36.5 Å². The maximum Gasteiger partial charge on any atom is 0.260 e. The third-order valence-corrected chi connectivity index (χ3v) is 6.55. The summed E-state index contributed by atoms with van der Waals surface area (Å²) in [5.74, 6) is 2.16. The van der Waals surface area contributed by atoms with E-state index in [-0.39, 0.29) is 11.9 Å². The van der Waals surface area contributed by atoms with Gasteiger partial charge in [-0.1, -0.05) is 6.07 Å². The highest BCUT2D eigenvalue weighted by atomic mass is 16.2. The Morgan fingerprint density at radius 1 is 1.21 bits per heavy atom. The van der Waals surface area contributed by atoms with Gasteiger partial charge in [-0.2, -0.15) is 0 Å². The number of rotatable bonds is 6. The Morgan fingerprint density at radius 3 is 2.79 bits per heavy atom. The second-order valence-electron chi connectivity index (χ2n) is 9.10. The molecule has 3 aromatic heterocycles. The second kappa shape index (κ2) is 8.55. The molecular weight excluding hydrogens is 416 g/mol. The second-order valence-corrected chi connectivity index (χ2v) is 9.10. The molecule has 5 rings (SSSR count). The molecule has 1 saturated heterocycles. The lowest BCUT2D eigenvalue weighted by molar-refractivity contribution is 0.0996. The summed E-state index contributed by atoms with van der Waals surface area (Å²) in [4.78, 5) is 27.4. The van der Waals surface area contributed by atoms with Crippen molar-refractivity contribution in [1.82, 2.24) is 30.0 Å². The van der Waals surface area contributed by atoms with Crippen LogP contribution >= 0.6 is 0 Å². The predicted molar refractivity (Wildman–Crippen MR) is 127 cm³/mol. The monoisotopic (exact) mass is 446 g/mol. The maximum absolute atomic E-state index is 13.6. The van der Waals surface area contributed by atoms with E-state index in [4.69, 9.17) is 9.97 Å². The summed E-state index contributed by atoms with van der Waals surface area (Å²) in [5, 5.41) is 11.5. The molecule has 0 bridgehead atoms. The van der Waals surface area contributed by atoms with Crippen molar-refractivity contribution in [3.8, 4) is 11.5 Å². The van der Waals surface area contributed by atoms with Crippen molar-refractivity contribution in [2.75, 3.05) is 23.4 Å². The number of aromatic nitrogens is 5. The summed E-state index contributed by atoms with van der Waals surface area (Å²) in [7, 11) is 1.91. The molecule has 5 heterocycles. The minimum absolute atomic E-state index is 0.0344. The lowest BCUT2D eigenvalue weighted by atomic mass is 10.1. The van der Waals surface area contributed by atoms with E-state index in [0.717, 1.165) is 42.0 Å². The van der Waals surface area contributed by atoms with Crippen LogP contribution in [-0.4, -0.2) is 50.3 Å². The smallest absolute Gasteiger partial charge is 0.260 e. The largest absolute Gasteiger partial charge is 0.354 e. The number of nitrogens with zero attached hydrogens (tertiary/aromatic N) is 7. The van der Waals surface area contributed by atoms with Gasteiger partial charge in [0, 0.05) is 30.7 Å². The van der Waals surface area contributed by atoms with Crippen molar-refractivity contribution >= 4 is 17.5 Å². The summed E-state index contributed by atoms with van der Waals surface area (Å²) in [5.41, 5.74) is 3.32. The molecule has 9 nitrogen and oxygen atoms in total. The molecule has 1 atom stereocenters. The van der Waals surface area contributed by atoms with Gasteiger partial charge in [0.1, 0.15) is 23.7 Å². The zero-order chi connectivity index (χ0) is 23.1. The van der Waals surface area contributed by atoms with E-state index < -0.39 is 0 Å². The average Bonchev–Trinajstić information content (AvgIpc) is 3.53. The van der Waals surface area contributed by atoms with Gasteiger partial charge in [-0.15, -0.1) is 10.2 Å². The molecule has 0 spiro atoms. The summed E-state index contributed by atoms with van der Waals surface area (Å²) in [6.45, 7) is 8.42. The molecule has 1 N–H and O–H groups in total. The molecule has 0 aromatic carbocycles. The van der Waals surface area contributed by atoms with Crippen molar-refractivity contribution in [1.29, 1.82) is 0 Å². The molecule has 172 valence electrons. The van der Waals surface area contributed by atoms with E-state index >= 15 is 0 Å². The van der Waals surface area contributed by atoms with Crippen LogP contribution in [0.5, 0.6) is 0 Å². The molecule has 3 aromatic rings. The van der Waals surface area contributed by atoms with Gasteiger partial charge >= 0.3 is 0 Å². The minimum Gasteiger partial charge on any atom is -0.354 e. The Kier molecular flexibility index (Phi) is 5.57. The number of hydrogen-bond donors (Lipinski definition) is 1. The van der Waals surface area contributed by atoms with Gasteiger partial charge in [0.2, 0.25) is 0 Å². The number of hydrogen-bond acceptors (Lipinski definition) is 7. The summed E-state index contributed by atoms with van der Waals surface area (Å²) >= 11 is 0. The van der Waals surface area contributed by atoms with Gasteiger partial charge in [0.15, 0.2) is 5.82 Å². The molecule has 1 fully saturated rings. The van der Waals surface area contributed by atoms with E-state index in [1.54, 1.807) is 11.2 Å².